The minimum absolute atomic E-state index is 0.145. The number of nitro benzene ring substituents is 1. The predicted molar refractivity (Wildman–Crippen MR) is 113 cm³/mol. The van der Waals surface area contributed by atoms with Crippen molar-refractivity contribution in [2.24, 2.45) is 0 Å². The average molecular weight is 452 g/mol. The van der Waals surface area contributed by atoms with Crippen LogP contribution in [0.15, 0.2) is 45.7 Å². The van der Waals surface area contributed by atoms with Crippen LogP contribution in [0.4, 0.5) is 11.4 Å². The summed E-state index contributed by atoms with van der Waals surface area (Å²) in [7, 11) is -3.57. The van der Waals surface area contributed by atoms with Crippen molar-refractivity contribution in [1.29, 1.82) is 0 Å². The number of carbonyl (C=O) groups is 1. The van der Waals surface area contributed by atoms with Crippen molar-refractivity contribution in [2.45, 2.75) is 11.8 Å². The van der Waals surface area contributed by atoms with E-state index in [1.54, 1.807) is 25.1 Å². The van der Waals surface area contributed by atoms with Crippen LogP contribution in [0, 0.1) is 17.0 Å². The van der Waals surface area contributed by atoms with Crippen LogP contribution in [0.25, 0.3) is 11.0 Å². The SMILES string of the molecule is Cc1c(C(=O)NCCNc2ccc(S(C)(=O)=O)cc2[N+](=O)[O-])oc2ccc(Cl)cc12. The minimum atomic E-state index is -3.57. The molecule has 2 aromatic carbocycles. The number of carbonyl (C=O) groups excluding carboxylic acids is 1. The topological polar surface area (TPSA) is 132 Å². The van der Waals surface area contributed by atoms with Crippen molar-refractivity contribution < 1.29 is 22.6 Å². The number of hydrogen-bond donors (Lipinski definition) is 2. The van der Waals surface area contributed by atoms with Gasteiger partial charge < -0.3 is 15.1 Å². The van der Waals surface area contributed by atoms with E-state index in [0.717, 1.165) is 17.7 Å². The number of amides is 1. The summed E-state index contributed by atoms with van der Waals surface area (Å²) in [6, 6.07) is 8.67. The lowest BCUT2D eigenvalue weighted by molar-refractivity contribution is -0.384. The molecule has 0 saturated heterocycles. The van der Waals surface area contributed by atoms with E-state index in [4.69, 9.17) is 16.0 Å². The lowest BCUT2D eigenvalue weighted by Gasteiger charge is -2.09. The Morgan fingerprint density at radius 3 is 2.60 bits per heavy atom. The standard InChI is InChI=1S/C19H18ClN3O6S/c1-11-14-9-12(20)3-6-17(14)29-18(11)19(24)22-8-7-21-15-5-4-13(30(2,27)28)10-16(15)23(25)26/h3-6,9-10,21H,7-8H2,1-2H3,(H,22,24). The fourth-order valence-electron chi connectivity index (χ4n) is 2.91. The van der Waals surface area contributed by atoms with Gasteiger partial charge in [0.15, 0.2) is 15.6 Å². The summed E-state index contributed by atoms with van der Waals surface area (Å²) < 4.78 is 28.8. The first-order valence-electron chi connectivity index (χ1n) is 8.77. The van der Waals surface area contributed by atoms with Gasteiger partial charge in [-0.2, -0.15) is 0 Å². The van der Waals surface area contributed by atoms with Crippen LogP contribution < -0.4 is 10.6 Å². The fourth-order valence-corrected chi connectivity index (χ4v) is 3.72. The zero-order valence-corrected chi connectivity index (χ0v) is 17.6. The Hall–Kier alpha value is -3.11. The number of nitrogens with zero attached hydrogens (tertiary/aromatic N) is 1. The highest BCUT2D eigenvalue weighted by Gasteiger charge is 2.20. The fraction of sp³-hybridized carbons (Fsp3) is 0.211. The summed E-state index contributed by atoms with van der Waals surface area (Å²) in [4.78, 5) is 22.9. The third-order valence-electron chi connectivity index (χ3n) is 4.42. The van der Waals surface area contributed by atoms with Gasteiger partial charge in [0, 0.05) is 41.4 Å². The molecule has 0 radical (unpaired) electrons. The van der Waals surface area contributed by atoms with E-state index in [2.05, 4.69) is 10.6 Å². The van der Waals surface area contributed by atoms with E-state index in [-0.39, 0.29) is 35.1 Å². The van der Waals surface area contributed by atoms with Gasteiger partial charge in [0.2, 0.25) is 0 Å². The number of benzene rings is 2. The van der Waals surface area contributed by atoms with Crippen LogP contribution in [0.3, 0.4) is 0 Å². The van der Waals surface area contributed by atoms with E-state index in [9.17, 15) is 23.3 Å². The molecular weight excluding hydrogens is 434 g/mol. The van der Waals surface area contributed by atoms with Crippen molar-refractivity contribution in [3.63, 3.8) is 0 Å². The summed E-state index contributed by atoms with van der Waals surface area (Å²) in [5.74, 6) is -0.265. The number of fused-ring (bicyclic) bond motifs is 1. The van der Waals surface area contributed by atoms with Gasteiger partial charge in [-0.25, -0.2) is 8.42 Å². The van der Waals surface area contributed by atoms with Gasteiger partial charge in [-0.1, -0.05) is 11.6 Å². The zero-order valence-electron chi connectivity index (χ0n) is 16.1. The molecule has 11 heteroatoms. The zero-order chi connectivity index (χ0) is 22.1. The number of anilines is 1. The Kier molecular flexibility index (Phi) is 5.99. The quantitative estimate of drug-likeness (QED) is 0.319. The number of aryl methyl sites for hydroxylation is 1. The highest BCUT2D eigenvalue weighted by Crippen LogP contribution is 2.28. The Bertz CT molecular complexity index is 1250. The van der Waals surface area contributed by atoms with E-state index < -0.39 is 20.7 Å². The lowest BCUT2D eigenvalue weighted by atomic mass is 10.1. The molecular formula is C19H18ClN3O6S. The van der Waals surface area contributed by atoms with Crippen molar-refractivity contribution in [2.75, 3.05) is 24.7 Å². The molecule has 0 bridgehead atoms. The molecule has 1 aromatic heterocycles. The maximum atomic E-state index is 12.4. The Balaban J connectivity index is 1.66. The molecule has 0 spiro atoms. The summed E-state index contributed by atoms with van der Waals surface area (Å²) in [5, 5.41) is 18.0. The number of nitro groups is 1. The second-order valence-corrected chi connectivity index (χ2v) is 9.04. The lowest BCUT2D eigenvalue weighted by Crippen LogP contribution is -2.29. The van der Waals surface area contributed by atoms with Crippen molar-refractivity contribution in [3.8, 4) is 0 Å². The van der Waals surface area contributed by atoms with Crippen LogP contribution in [-0.2, 0) is 9.84 Å². The number of furan rings is 1. The van der Waals surface area contributed by atoms with Gasteiger partial charge in [-0.3, -0.25) is 14.9 Å². The van der Waals surface area contributed by atoms with E-state index in [1.165, 1.54) is 12.1 Å². The molecule has 0 aliphatic rings. The van der Waals surface area contributed by atoms with Crippen LogP contribution in [-0.4, -0.2) is 38.6 Å². The summed E-state index contributed by atoms with van der Waals surface area (Å²) in [6.07, 6.45) is 0.975. The van der Waals surface area contributed by atoms with E-state index in [1.807, 2.05) is 0 Å². The molecule has 0 atom stereocenters. The predicted octanol–water partition coefficient (Wildman–Crippen LogP) is 3.55. The van der Waals surface area contributed by atoms with Gasteiger partial charge in [0.25, 0.3) is 11.6 Å². The molecule has 1 amide bonds. The largest absolute Gasteiger partial charge is 0.451 e. The Morgan fingerprint density at radius 1 is 1.20 bits per heavy atom. The Labute approximate surface area is 177 Å². The normalized spacial score (nSPS) is 11.4. The molecule has 3 aromatic rings. The molecule has 1 heterocycles. The molecule has 2 N–H and O–H groups in total. The molecule has 3 rings (SSSR count). The molecule has 0 aliphatic heterocycles. The van der Waals surface area contributed by atoms with Crippen LogP contribution >= 0.6 is 11.6 Å². The minimum Gasteiger partial charge on any atom is -0.451 e. The highest BCUT2D eigenvalue weighted by atomic mass is 35.5. The first-order chi connectivity index (χ1) is 14.1. The number of sulfone groups is 1. The van der Waals surface area contributed by atoms with Crippen LogP contribution in [0.1, 0.15) is 16.1 Å². The van der Waals surface area contributed by atoms with Gasteiger partial charge in [-0.15, -0.1) is 0 Å². The van der Waals surface area contributed by atoms with Crippen LogP contribution in [0.2, 0.25) is 5.02 Å². The number of nitrogens with one attached hydrogen (secondary N) is 2. The smallest absolute Gasteiger partial charge is 0.293 e. The third kappa shape index (κ3) is 4.55. The van der Waals surface area contributed by atoms with Gasteiger partial charge in [0.05, 0.1) is 9.82 Å². The molecule has 158 valence electrons. The molecule has 9 nitrogen and oxygen atoms in total. The molecule has 0 saturated carbocycles. The maximum Gasteiger partial charge on any atom is 0.293 e. The second kappa shape index (κ2) is 8.33. The second-order valence-electron chi connectivity index (χ2n) is 6.59. The Morgan fingerprint density at radius 2 is 1.93 bits per heavy atom. The maximum absolute atomic E-state index is 12.4. The van der Waals surface area contributed by atoms with Gasteiger partial charge >= 0.3 is 0 Å². The monoisotopic (exact) mass is 451 g/mol. The first kappa shape index (κ1) is 21.6. The summed E-state index contributed by atoms with van der Waals surface area (Å²) >= 11 is 5.98. The van der Waals surface area contributed by atoms with Crippen molar-refractivity contribution in [1.82, 2.24) is 5.32 Å². The number of halogens is 1. The molecule has 0 aliphatic carbocycles. The summed E-state index contributed by atoms with van der Waals surface area (Å²) in [5.41, 5.74) is 0.984. The van der Waals surface area contributed by atoms with Crippen molar-refractivity contribution in [3.05, 3.63) is 62.9 Å². The van der Waals surface area contributed by atoms with Gasteiger partial charge in [0.1, 0.15) is 11.3 Å². The van der Waals surface area contributed by atoms with Gasteiger partial charge in [-0.05, 0) is 37.3 Å². The average Bonchev–Trinajstić information content (AvgIpc) is 3.00. The summed E-state index contributed by atoms with van der Waals surface area (Å²) in [6.45, 7) is 2.08. The molecule has 0 fully saturated rings. The number of rotatable bonds is 7. The third-order valence-corrected chi connectivity index (χ3v) is 5.77. The van der Waals surface area contributed by atoms with E-state index in [0.29, 0.717) is 16.2 Å². The highest BCUT2D eigenvalue weighted by molar-refractivity contribution is 7.90. The van der Waals surface area contributed by atoms with Crippen molar-refractivity contribution >= 4 is 49.7 Å². The number of hydrogen-bond acceptors (Lipinski definition) is 7. The van der Waals surface area contributed by atoms with Crippen LogP contribution in [0.5, 0.6) is 0 Å². The van der Waals surface area contributed by atoms with E-state index >= 15 is 0 Å². The molecule has 0 unspecified atom stereocenters. The first-order valence-corrected chi connectivity index (χ1v) is 11.0. The molecule has 30 heavy (non-hydrogen) atoms.